The van der Waals surface area contributed by atoms with Gasteiger partial charge < -0.3 is 14.5 Å². The van der Waals surface area contributed by atoms with Gasteiger partial charge in [0.05, 0.1) is 0 Å². The predicted molar refractivity (Wildman–Crippen MR) is 53.2 cm³/mol. The van der Waals surface area contributed by atoms with E-state index in [4.69, 9.17) is 4.74 Å². The molecule has 14 heavy (non-hydrogen) atoms. The number of carbonyl (C=O) groups is 1. The zero-order valence-corrected chi connectivity index (χ0v) is 8.74. The molecule has 2 rings (SSSR count). The van der Waals surface area contributed by atoms with E-state index >= 15 is 0 Å². The summed E-state index contributed by atoms with van der Waals surface area (Å²) in [6, 6.07) is 0. The Balaban J connectivity index is 1.75. The summed E-state index contributed by atoms with van der Waals surface area (Å²) in [6.45, 7) is 3.76. The lowest BCUT2D eigenvalue weighted by Gasteiger charge is -2.34. The lowest BCUT2D eigenvalue weighted by molar-refractivity contribution is 0.0174. The monoisotopic (exact) mass is 198 g/mol. The van der Waals surface area contributed by atoms with Crippen molar-refractivity contribution in [1.29, 1.82) is 0 Å². The van der Waals surface area contributed by atoms with Crippen LogP contribution < -0.4 is 0 Å². The normalized spacial score (nSPS) is 28.4. The van der Waals surface area contributed by atoms with Gasteiger partial charge in [-0.2, -0.15) is 0 Å². The maximum atomic E-state index is 11.5. The molecule has 0 bridgehead atoms. The Morgan fingerprint density at radius 2 is 2.07 bits per heavy atom. The van der Waals surface area contributed by atoms with Crippen LogP contribution in [0.15, 0.2) is 0 Å². The standard InChI is InChI=1S/C10H18N2O2/c1-11-5-2-4-9(8-11)14-10(13)12-6-3-7-12/h9H,2-8H2,1H3. The van der Waals surface area contributed by atoms with E-state index in [2.05, 4.69) is 11.9 Å². The van der Waals surface area contributed by atoms with Gasteiger partial charge in [0.1, 0.15) is 6.10 Å². The van der Waals surface area contributed by atoms with Crippen molar-refractivity contribution in [3.05, 3.63) is 0 Å². The molecule has 4 heteroatoms. The topological polar surface area (TPSA) is 32.8 Å². The Morgan fingerprint density at radius 3 is 2.64 bits per heavy atom. The van der Waals surface area contributed by atoms with Crippen molar-refractivity contribution >= 4 is 6.09 Å². The van der Waals surface area contributed by atoms with Crippen molar-refractivity contribution in [2.24, 2.45) is 0 Å². The molecule has 0 radical (unpaired) electrons. The highest BCUT2D eigenvalue weighted by Crippen LogP contribution is 2.15. The first kappa shape index (κ1) is 9.77. The second-order valence-electron chi connectivity index (χ2n) is 4.25. The molecule has 2 aliphatic rings. The molecule has 0 aromatic heterocycles. The van der Waals surface area contributed by atoms with Gasteiger partial charge in [0.2, 0.25) is 0 Å². The summed E-state index contributed by atoms with van der Waals surface area (Å²) in [6.07, 6.45) is 3.27. The number of ether oxygens (including phenoxy) is 1. The molecule has 1 amide bonds. The van der Waals surface area contributed by atoms with Gasteiger partial charge in [0.25, 0.3) is 0 Å². The van der Waals surface area contributed by atoms with E-state index in [1.165, 1.54) is 0 Å². The summed E-state index contributed by atoms with van der Waals surface area (Å²) in [5.41, 5.74) is 0. The highest BCUT2D eigenvalue weighted by molar-refractivity contribution is 5.68. The van der Waals surface area contributed by atoms with Crippen LogP contribution in [0.25, 0.3) is 0 Å². The summed E-state index contributed by atoms with van der Waals surface area (Å²) in [5, 5.41) is 0. The number of likely N-dealkylation sites (tertiary alicyclic amines) is 2. The molecule has 0 aromatic rings. The van der Waals surface area contributed by atoms with Crippen LogP contribution in [-0.2, 0) is 4.74 Å². The van der Waals surface area contributed by atoms with Crippen LogP contribution in [0, 0.1) is 0 Å². The Hall–Kier alpha value is -0.770. The second-order valence-corrected chi connectivity index (χ2v) is 4.25. The largest absolute Gasteiger partial charge is 0.445 e. The van der Waals surface area contributed by atoms with Gasteiger partial charge in [0.15, 0.2) is 0 Å². The van der Waals surface area contributed by atoms with E-state index in [1.54, 1.807) is 4.90 Å². The van der Waals surface area contributed by atoms with E-state index in [1.807, 2.05) is 0 Å². The van der Waals surface area contributed by atoms with Crippen molar-refractivity contribution < 1.29 is 9.53 Å². The molecule has 2 fully saturated rings. The van der Waals surface area contributed by atoms with Gasteiger partial charge in [0, 0.05) is 19.6 Å². The summed E-state index contributed by atoms with van der Waals surface area (Å²) < 4.78 is 5.41. The average Bonchev–Trinajstić information content (AvgIpc) is 1.99. The van der Waals surface area contributed by atoms with Gasteiger partial charge in [-0.15, -0.1) is 0 Å². The van der Waals surface area contributed by atoms with E-state index in [0.29, 0.717) is 0 Å². The first-order valence-electron chi connectivity index (χ1n) is 5.40. The third-order valence-corrected chi connectivity index (χ3v) is 2.96. The van der Waals surface area contributed by atoms with E-state index in [0.717, 1.165) is 45.4 Å². The molecule has 2 heterocycles. The van der Waals surface area contributed by atoms with E-state index < -0.39 is 0 Å². The Kier molecular flexibility index (Phi) is 2.91. The third kappa shape index (κ3) is 2.18. The number of likely N-dealkylation sites (N-methyl/N-ethyl adjacent to an activating group) is 1. The van der Waals surface area contributed by atoms with Crippen molar-refractivity contribution in [3.8, 4) is 0 Å². The smallest absolute Gasteiger partial charge is 0.410 e. The van der Waals surface area contributed by atoms with Crippen LogP contribution >= 0.6 is 0 Å². The number of nitrogens with zero attached hydrogens (tertiary/aromatic N) is 2. The first-order valence-corrected chi connectivity index (χ1v) is 5.40. The molecule has 4 nitrogen and oxygen atoms in total. The van der Waals surface area contributed by atoms with Crippen LogP contribution in [0.1, 0.15) is 19.3 Å². The zero-order chi connectivity index (χ0) is 9.97. The molecular formula is C10H18N2O2. The van der Waals surface area contributed by atoms with Crippen LogP contribution in [0.5, 0.6) is 0 Å². The third-order valence-electron chi connectivity index (χ3n) is 2.96. The highest BCUT2D eigenvalue weighted by Gasteiger charge is 2.26. The lowest BCUT2D eigenvalue weighted by atomic mass is 10.1. The summed E-state index contributed by atoms with van der Waals surface area (Å²) in [7, 11) is 2.07. The molecule has 0 spiro atoms. The highest BCUT2D eigenvalue weighted by atomic mass is 16.6. The maximum Gasteiger partial charge on any atom is 0.410 e. The molecule has 0 aromatic carbocycles. The fraction of sp³-hybridized carbons (Fsp3) is 0.900. The first-order chi connectivity index (χ1) is 6.75. The fourth-order valence-corrected chi connectivity index (χ4v) is 1.93. The zero-order valence-electron chi connectivity index (χ0n) is 8.74. The van der Waals surface area contributed by atoms with Crippen molar-refractivity contribution in [2.45, 2.75) is 25.4 Å². The number of rotatable bonds is 1. The number of amides is 1. The van der Waals surface area contributed by atoms with Crippen LogP contribution in [0.4, 0.5) is 4.79 Å². The number of carbonyl (C=O) groups excluding carboxylic acids is 1. The fourth-order valence-electron chi connectivity index (χ4n) is 1.93. The molecule has 1 unspecified atom stereocenters. The molecule has 80 valence electrons. The van der Waals surface area contributed by atoms with Gasteiger partial charge in [-0.05, 0) is 32.9 Å². The van der Waals surface area contributed by atoms with E-state index in [-0.39, 0.29) is 12.2 Å². The van der Waals surface area contributed by atoms with Crippen LogP contribution in [0.3, 0.4) is 0 Å². The van der Waals surface area contributed by atoms with Crippen LogP contribution in [0.2, 0.25) is 0 Å². The molecule has 2 aliphatic heterocycles. The summed E-state index contributed by atoms with van der Waals surface area (Å²) in [5.74, 6) is 0. The summed E-state index contributed by atoms with van der Waals surface area (Å²) in [4.78, 5) is 15.5. The Morgan fingerprint density at radius 1 is 1.29 bits per heavy atom. The van der Waals surface area contributed by atoms with Gasteiger partial charge in [-0.1, -0.05) is 0 Å². The minimum absolute atomic E-state index is 0.113. The quantitative estimate of drug-likeness (QED) is 0.628. The predicted octanol–water partition coefficient (Wildman–Crippen LogP) is 0.923. The molecule has 1 atom stereocenters. The molecule has 0 saturated carbocycles. The average molecular weight is 198 g/mol. The number of hydrogen-bond donors (Lipinski definition) is 0. The van der Waals surface area contributed by atoms with Gasteiger partial charge >= 0.3 is 6.09 Å². The molecule has 0 aliphatic carbocycles. The maximum absolute atomic E-state index is 11.5. The second kappa shape index (κ2) is 4.17. The lowest BCUT2D eigenvalue weighted by Crippen LogP contribution is -2.46. The van der Waals surface area contributed by atoms with Gasteiger partial charge in [-0.3, -0.25) is 0 Å². The Bertz CT molecular complexity index is 216. The van der Waals surface area contributed by atoms with Crippen molar-refractivity contribution in [1.82, 2.24) is 9.80 Å². The SMILES string of the molecule is CN1CCCC(OC(=O)N2CCC2)C1. The van der Waals surface area contributed by atoms with Gasteiger partial charge in [-0.25, -0.2) is 4.79 Å². The van der Waals surface area contributed by atoms with Crippen molar-refractivity contribution in [2.75, 3.05) is 33.2 Å². The number of hydrogen-bond acceptors (Lipinski definition) is 3. The van der Waals surface area contributed by atoms with Crippen LogP contribution in [-0.4, -0.2) is 55.2 Å². The summed E-state index contributed by atoms with van der Waals surface area (Å²) >= 11 is 0. The number of piperidine rings is 1. The minimum atomic E-state index is -0.114. The van der Waals surface area contributed by atoms with E-state index in [9.17, 15) is 4.79 Å². The van der Waals surface area contributed by atoms with Crippen molar-refractivity contribution in [3.63, 3.8) is 0 Å². The molecule has 0 N–H and O–H groups in total. The Labute approximate surface area is 84.8 Å². The minimum Gasteiger partial charge on any atom is -0.445 e. The molecular weight excluding hydrogens is 180 g/mol. The molecule has 2 saturated heterocycles.